The van der Waals surface area contributed by atoms with E-state index in [0.29, 0.717) is 24.2 Å². The Balaban J connectivity index is 1.78. The molecule has 0 aliphatic carbocycles. The largest absolute Gasteiger partial charge is 0.497 e. The van der Waals surface area contributed by atoms with Crippen molar-refractivity contribution < 1.29 is 14.3 Å². The molecule has 0 saturated heterocycles. The lowest BCUT2D eigenvalue weighted by atomic mass is 10.1. The van der Waals surface area contributed by atoms with Gasteiger partial charge in [-0.25, -0.2) is 0 Å². The first-order chi connectivity index (χ1) is 13.1. The molecule has 2 aromatic rings. The van der Waals surface area contributed by atoms with Crippen molar-refractivity contribution in [3.05, 3.63) is 65.2 Å². The van der Waals surface area contributed by atoms with Gasteiger partial charge in [0, 0.05) is 24.2 Å². The molecule has 5 nitrogen and oxygen atoms in total. The van der Waals surface area contributed by atoms with Crippen LogP contribution < -0.4 is 15.4 Å². The van der Waals surface area contributed by atoms with Crippen LogP contribution in [-0.4, -0.2) is 32.0 Å². The predicted octanol–water partition coefficient (Wildman–Crippen LogP) is 3.59. The minimum Gasteiger partial charge on any atom is -0.497 e. The summed E-state index contributed by atoms with van der Waals surface area (Å²) < 4.78 is 5.13. The van der Waals surface area contributed by atoms with Gasteiger partial charge >= 0.3 is 0 Å². The van der Waals surface area contributed by atoms with Crippen LogP contribution in [-0.2, 0) is 6.42 Å². The number of nitrogens with one attached hydrogen (secondary N) is 2. The number of carbonyl (C=O) groups excluding carboxylic acids is 2. The first-order valence-corrected chi connectivity index (χ1v) is 9.43. The average molecular weight is 368 g/mol. The number of carbonyl (C=O) groups is 2. The fraction of sp³-hybridized carbons (Fsp3) is 0.364. The van der Waals surface area contributed by atoms with Crippen molar-refractivity contribution in [3.8, 4) is 5.75 Å². The Morgan fingerprint density at radius 1 is 0.815 bits per heavy atom. The molecule has 0 saturated carbocycles. The molecule has 0 aliphatic heterocycles. The second-order valence-electron chi connectivity index (χ2n) is 6.39. The Labute approximate surface area is 161 Å². The van der Waals surface area contributed by atoms with E-state index in [2.05, 4.69) is 17.6 Å². The molecule has 0 radical (unpaired) electrons. The van der Waals surface area contributed by atoms with Crippen LogP contribution in [0.25, 0.3) is 0 Å². The zero-order chi connectivity index (χ0) is 19.5. The van der Waals surface area contributed by atoms with Gasteiger partial charge in [0.25, 0.3) is 11.8 Å². The van der Waals surface area contributed by atoms with Gasteiger partial charge in [0.15, 0.2) is 0 Å². The standard InChI is InChI=1S/C22H28N2O3/c1-3-4-5-15-23-21(25)18-8-10-19(11-9-18)22(26)24-16-14-17-6-12-20(27-2)13-7-17/h6-13H,3-5,14-16H2,1-2H3,(H,23,25)(H,24,26). The molecule has 2 aromatic carbocycles. The van der Waals surface area contributed by atoms with E-state index in [9.17, 15) is 9.59 Å². The van der Waals surface area contributed by atoms with Crippen LogP contribution in [0.3, 0.4) is 0 Å². The SMILES string of the molecule is CCCCCNC(=O)c1ccc(C(=O)NCCc2ccc(OC)cc2)cc1. The number of unbranched alkanes of at least 4 members (excludes halogenated alkanes) is 2. The fourth-order valence-corrected chi connectivity index (χ4v) is 2.67. The van der Waals surface area contributed by atoms with E-state index in [1.54, 1.807) is 31.4 Å². The van der Waals surface area contributed by atoms with Gasteiger partial charge in [0.1, 0.15) is 5.75 Å². The number of benzene rings is 2. The van der Waals surface area contributed by atoms with Crippen LogP contribution in [0.1, 0.15) is 52.5 Å². The molecule has 0 atom stereocenters. The van der Waals surface area contributed by atoms with Gasteiger partial charge < -0.3 is 15.4 Å². The highest BCUT2D eigenvalue weighted by Crippen LogP contribution is 2.11. The van der Waals surface area contributed by atoms with Crippen LogP contribution in [0.5, 0.6) is 5.75 Å². The second kappa shape index (κ2) is 11.0. The molecular formula is C22H28N2O3. The van der Waals surface area contributed by atoms with Crippen molar-refractivity contribution in [2.24, 2.45) is 0 Å². The van der Waals surface area contributed by atoms with Crippen LogP contribution in [0.4, 0.5) is 0 Å². The zero-order valence-electron chi connectivity index (χ0n) is 16.1. The molecule has 5 heteroatoms. The third kappa shape index (κ3) is 6.77. The Bertz CT molecular complexity index is 724. The van der Waals surface area contributed by atoms with Gasteiger partial charge in [-0.1, -0.05) is 31.9 Å². The summed E-state index contributed by atoms with van der Waals surface area (Å²) in [6.07, 6.45) is 3.96. The lowest BCUT2D eigenvalue weighted by Crippen LogP contribution is -2.26. The maximum Gasteiger partial charge on any atom is 0.251 e. The Hall–Kier alpha value is -2.82. The van der Waals surface area contributed by atoms with Gasteiger partial charge in [0.2, 0.25) is 0 Å². The summed E-state index contributed by atoms with van der Waals surface area (Å²) >= 11 is 0. The summed E-state index contributed by atoms with van der Waals surface area (Å²) in [7, 11) is 1.64. The maximum absolute atomic E-state index is 12.2. The molecule has 0 unspecified atom stereocenters. The van der Waals surface area contributed by atoms with Crippen LogP contribution in [0, 0.1) is 0 Å². The highest BCUT2D eigenvalue weighted by molar-refractivity contribution is 5.97. The summed E-state index contributed by atoms with van der Waals surface area (Å²) in [5, 5.41) is 5.80. The van der Waals surface area contributed by atoms with Crippen molar-refractivity contribution in [1.29, 1.82) is 0 Å². The number of hydrogen-bond donors (Lipinski definition) is 2. The van der Waals surface area contributed by atoms with Crippen LogP contribution in [0.2, 0.25) is 0 Å². The van der Waals surface area contributed by atoms with Crippen molar-refractivity contribution in [1.82, 2.24) is 10.6 Å². The van der Waals surface area contributed by atoms with E-state index < -0.39 is 0 Å². The molecule has 2 N–H and O–H groups in total. The zero-order valence-corrected chi connectivity index (χ0v) is 16.1. The Morgan fingerprint density at radius 3 is 1.89 bits per heavy atom. The summed E-state index contributed by atoms with van der Waals surface area (Å²) in [4.78, 5) is 24.3. The molecule has 0 spiro atoms. The van der Waals surface area contributed by atoms with E-state index in [0.717, 1.165) is 37.0 Å². The van der Waals surface area contributed by atoms with E-state index in [1.165, 1.54) is 0 Å². The minimum atomic E-state index is -0.140. The van der Waals surface area contributed by atoms with Crippen molar-refractivity contribution in [2.45, 2.75) is 32.6 Å². The number of amides is 2. The number of methoxy groups -OCH3 is 1. The van der Waals surface area contributed by atoms with Gasteiger partial charge in [-0.3, -0.25) is 9.59 Å². The summed E-state index contributed by atoms with van der Waals surface area (Å²) in [5.41, 5.74) is 2.25. The highest BCUT2D eigenvalue weighted by Gasteiger charge is 2.08. The molecular weight excluding hydrogens is 340 g/mol. The lowest BCUT2D eigenvalue weighted by molar-refractivity contribution is 0.0941. The predicted molar refractivity (Wildman–Crippen MR) is 107 cm³/mol. The van der Waals surface area contributed by atoms with Gasteiger partial charge in [-0.15, -0.1) is 0 Å². The number of rotatable bonds is 10. The molecule has 2 amide bonds. The fourth-order valence-electron chi connectivity index (χ4n) is 2.67. The van der Waals surface area contributed by atoms with E-state index >= 15 is 0 Å². The van der Waals surface area contributed by atoms with Crippen molar-refractivity contribution in [3.63, 3.8) is 0 Å². The lowest BCUT2D eigenvalue weighted by Gasteiger charge is -2.08. The molecule has 144 valence electrons. The molecule has 0 heterocycles. The Morgan fingerprint density at radius 2 is 1.37 bits per heavy atom. The third-order valence-electron chi connectivity index (χ3n) is 4.33. The number of hydrogen-bond acceptors (Lipinski definition) is 3. The topological polar surface area (TPSA) is 67.4 Å². The molecule has 0 aliphatic rings. The molecule has 2 rings (SSSR count). The molecule has 0 bridgehead atoms. The summed E-state index contributed by atoms with van der Waals surface area (Å²) in [6, 6.07) is 14.5. The number of ether oxygens (including phenoxy) is 1. The van der Waals surface area contributed by atoms with Crippen molar-refractivity contribution >= 4 is 11.8 Å². The quantitative estimate of drug-likeness (QED) is 0.630. The first-order valence-electron chi connectivity index (χ1n) is 9.43. The average Bonchev–Trinajstić information content (AvgIpc) is 2.71. The monoisotopic (exact) mass is 368 g/mol. The van der Waals surface area contributed by atoms with E-state index in [4.69, 9.17) is 4.74 Å². The minimum absolute atomic E-state index is 0.0995. The van der Waals surface area contributed by atoms with Crippen LogP contribution >= 0.6 is 0 Å². The highest BCUT2D eigenvalue weighted by atomic mass is 16.5. The first kappa shape index (κ1) is 20.5. The van der Waals surface area contributed by atoms with E-state index in [-0.39, 0.29) is 11.8 Å². The van der Waals surface area contributed by atoms with Crippen molar-refractivity contribution in [2.75, 3.05) is 20.2 Å². The van der Waals surface area contributed by atoms with Gasteiger partial charge in [-0.2, -0.15) is 0 Å². The second-order valence-corrected chi connectivity index (χ2v) is 6.39. The summed E-state index contributed by atoms with van der Waals surface area (Å²) in [5.74, 6) is 0.577. The smallest absolute Gasteiger partial charge is 0.251 e. The Kier molecular flexibility index (Phi) is 8.36. The molecule has 27 heavy (non-hydrogen) atoms. The normalized spacial score (nSPS) is 10.3. The van der Waals surface area contributed by atoms with Crippen LogP contribution in [0.15, 0.2) is 48.5 Å². The maximum atomic E-state index is 12.2. The molecule has 0 aromatic heterocycles. The van der Waals surface area contributed by atoms with Gasteiger partial charge in [0.05, 0.1) is 7.11 Å². The third-order valence-corrected chi connectivity index (χ3v) is 4.33. The summed E-state index contributed by atoms with van der Waals surface area (Å²) in [6.45, 7) is 3.35. The van der Waals surface area contributed by atoms with E-state index in [1.807, 2.05) is 24.3 Å². The van der Waals surface area contributed by atoms with Gasteiger partial charge in [-0.05, 0) is 54.8 Å². The molecule has 0 fully saturated rings.